The molecule has 0 saturated carbocycles. The molecule has 5 aromatic rings. The topological polar surface area (TPSA) is 4.93 Å². The third-order valence-corrected chi connectivity index (χ3v) is 5.77. The molecule has 0 unspecified atom stereocenters. The molecule has 0 spiro atoms. The Labute approximate surface area is 172 Å². The van der Waals surface area contributed by atoms with Gasteiger partial charge in [-0.15, -0.1) is 0 Å². The summed E-state index contributed by atoms with van der Waals surface area (Å²) in [5, 5.41) is 2.58. The summed E-state index contributed by atoms with van der Waals surface area (Å²) in [5.41, 5.74) is 7.74. The lowest BCUT2D eigenvalue weighted by atomic mass is 9.86. The minimum atomic E-state index is 0.156. The van der Waals surface area contributed by atoms with Gasteiger partial charge in [-0.25, -0.2) is 0 Å². The zero-order chi connectivity index (χ0) is 20.0. The highest BCUT2D eigenvalue weighted by molar-refractivity contribution is 6.13. The number of hydrogen-bond acceptors (Lipinski definition) is 0. The molecule has 142 valence electrons. The number of nitrogens with zero attached hydrogens (tertiary/aromatic N) is 1. The molecular weight excluding hydrogens is 350 g/mol. The van der Waals surface area contributed by atoms with Gasteiger partial charge in [-0.3, -0.25) is 0 Å². The monoisotopic (exact) mass is 375 g/mol. The normalized spacial score (nSPS) is 12.0. The molecule has 0 aliphatic carbocycles. The molecule has 4 aromatic carbocycles. The lowest BCUT2D eigenvalue weighted by molar-refractivity contribution is 0.590. The maximum absolute atomic E-state index is 2.40. The van der Waals surface area contributed by atoms with Gasteiger partial charge in [0, 0.05) is 22.0 Å². The number of hydrogen-bond donors (Lipinski definition) is 0. The van der Waals surface area contributed by atoms with Crippen LogP contribution in [0, 0.1) is 0 Å². The van der Waals surface area contributed by atoms with Crippen LogP contribution in [0.3, 0.4) is 0 Å². The second-order valence-electron chi connectivity index (χ2n) is 8.72. The van der Waals surface area contributed by atoms with Crippen molar-refractivity contribution >= 4 is 21.8 Å². The minimum Gasteiger partial charge on any atom is -0.309 e. The molecule has 1 heterocycles. The van der Waals surface area contributed by atoms with Crippen LogP contribution in [0.2, 0.25) is 0 Å². The molecular formula is C28H25N. The Hall–Kier alpha value is -3.32. The highest BCUT2D eigenvalue weighted by Crippen LogP contribution is 2.38. The maximum atomic E-state index is 2.40. The van der Waals surface area contributed by atoms with Crippen LogP contribution in [-0.2, 0) is 5.41 Å². The zero-order valence-corrected chi connectivity index (χ0v) is 17.2. The van der Waals surface area contributed by atoms with E-state index < -0.39 is 0 Å². The first-order chi connectivity index (χ1) is 14.0. The molecule has 0 aliphatic rings. The van der Waals surface area contributed by atoms with Crippen LogP contribution in [0.5, 0.6) is 0 Å². The van der Waals surface area contributed by atoms with Gasteiger partial charge in [0.05, 0.1) is 11.0 Å². The predicted octanol–water partition coefficient (Wildman–Crippen LogP) is 7.75. The summed E-state index contributed by atoms with van der Waals surface area (Å²) in [5.74, 6) is 0. The number of rotatable bonds is 2. The molecule has 1 aromatic heterocycles. The van der Waals surface area contributed by atoms with Crippen molar-refractivity contribution < 1.29 is 0 Å². The first kappa shape index (κ1) is 17.8. The number of benzene rings is 4. The van der Waals surface area contributed by atoms with E-state index in [1.165, 1.54) is 44.2 Å². The summed E-state index contributed by atoms with van der Waals surface area (Å²) in [6.45, 7) is 6.78. The van der Waals surface area contributed by atoms with Gasteiger partial charge in [-0.2, -0.15) is 0 Å². The summed E-state index contributed by atoms with van der Waals surface area (Å²) >= 11 is 0. The van der Waals surface area contributed by atoms with E-state index in [-0.39, 0.29) is 5.41 Å². The number of para-hydroxylation sites is 3. The van der Waals surface area contributed by atoms with Gasteiger partial charge in [-0.1, -0.05) is 99.6 Å². The summed E-state index contributed by atoms with van der Waals surface area (Å²) in [6, 6.07) is 35.1. The molecule has 0 fully saturated rings. The van der Waals surface area contributed by atoms with Crippen LogP contribution < -0.4 is 0 Å². The van der Waals surface area contributed by atoms with Crippen LogP contribution in [0.15, 0.2) is 97.1 Å². The smallest absolute Gasteiger partial charge is 0.0619 e. The Balaban J connectivity index is 1.84. The van der Waals surface area contributed by atoms with Crippen molar-refractivity contribution in [1.82, 2.24) is 4.57 Å². The first-order valence-electron chi connectivity index (χ1n) is 10.2. The van der Waals surface area contributed by atoms with Crippen LogP contribution in [0.1, 0.15) is 26.3 Å². The minimum absolute atomic E-state index is 0.156. The third kappa shape index (κ3) is 2.94. The van der Waals surface area contributed by atoms with Gasteiger partial charge in [0.15, 0.2) is 0 Å². The molecule has 0 radical (unpaired) electrons. The Morgan fingerprint density at radius 1 is 0.586 bits per heavy atom. The van der Waals surface area contributed by atoms with Gasteiger partial charge in [0.1, 0.15) is 0 Å². The first-order valence-corrected chi connectivity index (χ1v) is 10.2. The standard InChI is InChI=1S/C28H25N/c1-28(2,3)21-18-16-20(17-19-21)23-13-9-14-25-24-12-7-8-15-26(24)29(27(23)25)22-10-5-4-6-11-22/h4-19H,1-3H3. The molecule has 1 nitrogen and oxygen atoms in total. The quantitative estimate of drug-likeness (QED) is 0.297. The average molecular weight is 376 g/mol. The Morgan fingerprint density at radius 2 is 1.24 bits per heavy atom. The van der Waals surface area contributed by atoms with E-state index in [1.807, 2.05) is 0 Å². The van der Waals surface area contributed by atoms with Gasteiger partial charge in [0.25, 0.3) is 0 Å². The molecule has 0 aliphatic heterocycles. The van der Waals surface area contributed by atoms with Gasteiger partial charge in [-0.05, 0) is 34.7 Å². The van der Waals surface area contributed by atoms with Crippen molar-refractivity contribution in [2.24, 2.45) is 0 Å². The third-order valence-electron chi connectivity index (χ3n) is 5.77. The molecule has 0 amide bonds. The van der Waals surface area contributed by atoms with Crippen molar-refractivity contribution in [2.75, 3.05) is 0 Å². The van der Waals surface area contributed by atoms with Gasteiger partial charge < -0.3 is 4.57 Å². The van der Waals surface area contributed by atoms with Crippen molar-refractivity contribution in [3.8, 4) is 16.8 Å². The SMILES string of the molecule is CC(C)(C)c1ccc(-c2cccc3c4ccccc4n(-c4ccccc4)c23)cc1. The lowest BCUT2D eigenvalue weighted by Crippen LogP contribution is -2.10. The molecule has 1 heteroatoms. The Morgan fingerprint density at radius 3 is 1.97 bits per heavy atom. The fraction of sp³-hybridized carbons (Fsp3) is 0.143. The molecule has 5 rings (SSSR count). The maximum Gasteiger partial charge on any atom is 0.0619 e. The van der Waals surface area contributed by atoms with Crippen molar-refractivity contribution in [2.45, 2.75) is 26.2 Å². The average Bonchev–Trinajstić information content (AvgIpc) is 3.08. The van der Waals surface area contributed by atoms with Gasteiger partial charge >= 0.3 is 0 Å². The summed E-state index contributed by atoms with van der Waals surface area (Å²) in [6.07, 6.45) is 0. The summed E-state index contributed by atoms with van der Waals surface area (Å²) < 4.78 is 2.40. The van der Waals surface area contributed by atoms with Gasteiger partial charge in [0.2, 0.25) is 0 Å². The van der Waals surface area contributed by atoms with Crippen molar-refractivity contribution in [3.05, 3.63) is 103 Å². The van der Waals surface area contributed by atoms with E-state index in [4.69, 9.17) is 0 Å². The molecule has 0 saturated heterocycles. The van der Waals surface area contributed by atoms with Crippen LogP contribution in [0.4, 0.5) is 0 Å². The second-order valence-corrected chi connectivity index (χ2v) is 8.72. The highest BCUT2D eigenvalue weighted by atomic mass is 15.0. The highest BCUT2D eigenvalue weighted by Gasteiger charge is 2.17. The van der Waals surface area contributed by atoms with Crippen LogP contribution >= 0.6 is 0 Å². The van der Waals surface area contributed by atoms with Crippen LogP contribution in [-0.4, -0.2) is 4.57 Å². The molecule has 0 atom stereocenters. The second kappa shape index (κ2) is 6.63. The van der Waals surface area contributed by atoms with E-state index in [1.54, 1.807) is 0 Å². The molecule has 0 bridgehead atoms. The fourth-order valence-corrected chi connectivity index (χ4v) is 4.25. The number of aromatic nitrogens is 1. The fourth-order valence-electron chi connectivity index (χ4n) is 4.25. The van der Waals surface area contributed by atoms with E-state index in [0.717, 1.165) is 0 Å². The van der Waals surface area contributed by atoms with E-state index in [9.17, 15) is 0 Å². The van der Waals surface area contributed by atoms with E-state index in [0.29, 0.717) is 0 Å². The van der Waals surface area contributed by atoms with E-state index in [2.05, 4.69) is 122 Å². The predicted molar refractivity (Wildman–Crippen MR) is 125 cm³/mol. The van der Waals surface area contributed by atoms with Crippen LogP contribution in [0.25, 0.3) is 38.6 Å². The summed E-state index contributed by atoms with van der Waals surface area (Å²) in [7, 11) is 0. The molecule has 29 heavy (non-hydrogen) atoms. The summed E-state index contributed by atoms with van der Waals surface area (Å²) in [4.78, 5) is 0. The Bertz CT molecular complexity index is 1300. The largest absolute Gasteiger partial charge is 0.309 e. The Kier molecular flexibility index (Phi) is 4.06. The van der Waals surface area contributed by atoms with E-state index >= 15 is 0 Å². The van der Waals surface area contributed by atoms with Crippen molar-refractivity contribution in [1.29, 1.82) is 0 Å². The van der Waals surface area contributed by atoms with Crippen molar-refractivity contribution in [3.63, 3.8) is 0 Å². The zero-order valence-electron chi connectivity index (χ0n) is 17.2. The lowest BCUT2D eigenvalue weighted by Gasteiger charge is -2.19. The number of fused-ring (bicyclic) bond motifs is 3. The molecule has 0 N–H and O–H groups in total.